The van der Waals surface area contributed by atoms with Gasteiger partial charge in [-0.3, -0.25) is 14.9 Å². The molecule has 10 heteroatoms. The Kier molecular flexibility index (Phi) is 10.6. The summed E-state index contributed by atoms with van der Waals surface area (Å²) in [5.74, 6) is -0.0985. The number of hydrogen-bond donors (Lipinski definition) is 3. The van der Waals surface area contributed by atoms with Crippen molar-refractivity contribution >= 4 is 44.8 Å². The average molecular weight is 640 g/mol. The maximum atomic E-state index is 12.5. The lowest BCUT2D eigenvalue weighted by atomic mass is 9.94. The Hall–Kier alpha value is -5.12. The number of methoxy groups -OCH3 is 1. The van der Waals surface area contributed by atoms with Crippen LogP contribution >= 0.6 is 0 Å². The summed E-state index contributed by atoms with van der Waals surface area (Å²) >= 11 is 0. The molecule has 0 aliphatic carbocycles. The molecule has 0 radical (unpaired) electrons. The fourth-order valence-corrected chi connectivity index (χ4v) is 6.29. The number of nitro groups is 1. The van der Waals surface area contributed by atoms with Crippen LogP contribution in [0.15, 0.2) is 60.2 Å². The number of fused-ring (bicyclic) bond motifs is 3. The molecule has 0 saturated heterocycles. The molecule has 0 saturated carbocycles. The van der Waals surface area contributed by atoms with Crippen LogP contribution in [-0.4, -0.2) is 42.1 Å². The van der Waals surface area contributed by atoms with E-state index in [-0.39, 0.29) is 34.4 Å². The third-order valence-corrected chi connectivity index (χ3v) is 8.84. The van der Waals surface area contributed by atoms with Crippen LogP contribution in [0.4, 0.5) is 11.4 Å². The van der Waals surface area contributed by atoms with Crippen LogP contribution in [0.1, 0.15) is 72.5 Å². The Labute approximate surface area is 273 Å². The van der Waals surface area contributed by atoms with Gasteiger partial charge in [0, 0.05) is 42.1 Å². The first-order valence-electron chi connectivity index (χ1n) is 16.0. The van der Waals surface area contributed by atoms with Gasteiger partial charge in [-0.25, -0.2) is 4.79 Å². The summed E-state index contributed by atoms with van der Waals surface area (Å²) < 4.78 is 10.7. The number of rotatable bonds is 15. The molecule has 3 N–H and O–H groups in total. The van der Waals surface area contributed by atoms with Crippen molar-refractivity contribution in [2.24, 2.45) is 0 Å². The highest BCUT2D eigenvalue weighted by Gasteiger charge is 2.31. The summed E-state index contributed by atoms with van der Waals surface area (Å²) in [6.45, 7) is 5.21. The van der Waals surface area contributed by atoms with E-state index < -0.39 is 5.97 Å². The minimum absolute atomic E-state index is 0.0135. The number of allylic oxidation sites excluding steroid dienone is 2. The Balaban J connectivity index is 1.04. The fraction of sp³-hybridized carbons (Fsp3) is 0.351. The molecule has 4 aromatic carbocycles. The number of aromatic hydroxyl groups is 1. The van der Waals surface area contributed by atoms with E-state index in [1.54, 1.807) is 12.1 Å². The molecule has 246 valence electrons. The summed E-state index contributed by atoms with van der Waals surface area (Å²) in [6, 6.07) is 15.1. The van der Waals surface area contributed by atoms with Crippen molar-refractivity contribution in [1.82, 2.24) is 5.32 Å². The van der Waals surface area contributed by atoms with Gasteiger partial charge in [0.15, 0.2) is 0 Å². The standard InChI is InChI=1S/C37H41N3O7/c1-23(15-17-28-35(42)33-29(22-47-37(33)43)24(2)36(28)46-3)16-18-31(41)38-19-8-4-5-9-20-39-34-27-13-7-6-11-25(27)21-26-12-10-14-30(32(26)34)40(44)45/h6-7,10-15,21,39,42H,4-5,8-9,16-20,22H2,1-3H3,(H,38,41)/b23-15+. The molecule has 0 spiro atoms. The smallest absolute Gasteiger partial charge is 0.342 e. The van der Waals surface area contributed by atoms with Crippen molar-refractivity contribution < 1.29 is 29.1 Å². The van der Waals surface area contributed by atoms with Gasteiger partial charge in [-0.05, 0) is 61.9 Å². The number of carbonyl (C=O) groups excluding carboxylic acids is 2. The largest absolute Gasteiger partial charge is 0.507 e. The van der Waals surface area contributed by atoms with Crippen LogP contribution in [0, 0.1) is 17.0 Å². The van der Waals surface area contributed by atoms with E-state index in [2.05, 4.69) is 10.6 Å². The molecule has 10 nitrogen and oxygen atoms in total. The fourth-order valence-electron chi connectivity index (χ4n) is 6.29. The van der Waals surface area contributed by atoms with E-state index in [0.29, 0.717) is 54.6 Å². The van der Waals surface area contributed by atoms with E-state index in [0.717, 1.165) is 58.7 Å². The van der Waals surface area contributed by atoms with Crippen molar-refractivity contribution in [2.75, 3.05) is 25.5 Å². The van der Waals surface area contributed by atoms with Crippen molar-refractivity contribution in [2.45, 2.75) is 65.4 Å². The molecular formula is C37H41N3O7. The monoisotopic (exact) mass is 639 g/mol. The lowest BCUT2D eigenvalue weighted by Gasteiger charge is -2.15. The van der Waals surface area contributed by atoms with E-state index in [9.17, 15) is 24.8 Å². The van der Waals surface area contributed by atoms with Gasteiger partial charge in [0.05, 0.1) is 23.1 Å². The Bertz CT molecular complexity index is 1860. The number of hydrogen-bond acceptors (Lipinski definition) is 8. The summed E-state index contributed by atoms with van der Waals surface area (Å²) in [7, 11) is 1.54. The van der Waals surface area contributed by atoms with Gasteiger partial charge in [-0.1, -0.05) is 60.9 Å². The third-order valence-electron chi connectivity index (χ3n) is 8.84. The van der Waals surface area contributed by atoms with Gasteiger partial charge in [-0.15, -0.1) is 0 Å². The number of cyclic esters (lactones) is 1. The number of amides is 1. The van der Waals surface area contributed by atoms with E-state index in [1.807, 2.05) is 56.3 Å². The summed E-state index contributed by atoms with van der Waals surface area (Å²) in [6.07, 6.45) is 6.93. The number of anilines is 1. The number of non-ortho nitro benzene ring substituents is 1. The van der Waals surface area contributed by atoms with Gasteiger partial charge in [0.2, 0.25) is 5.91 Å². The van der Waals surface area contributed by atoms with Crippen LogP contribution < -0.4 is 15.4 Å². The maximum absolute atomic E-state index is 12.5. The molecule has 1 heterocycles. The molecule has 0 bridgehead atoms. The molecule has 0 atom stereocenters. The van der Waals surface area contributed by atoms with E-state index in [4.69, 9.17) is 9.47 Å². The second-order valence-corrected chi connectivity index (χ2v) is 12.0. The van der Waals surface area contributed by atoms with Crippen molar-refractivity contribution in [3.05, 3.63) is 92.5 Å². The normalized spacial score (nSPS) is 12.7. The van der Waals surface area contributed by atoms with Crippen molar-refractivity contribution in [3.63, 3.8) is 0 Å². The second kappa shape index (κ2) is 15.0. The predicted octanol–water partition coefficient (Wildman–Crippen LogP) is 7.65. The van der Waals surface area contributed by atoms with Crippen molar-refractivity contribution in [3.8, 4) is 11.5 Å². The molecular weight excluding hydrogens is 598 g/mol. The van der Waals surface area contributed by atoms with Gasteiger partial charge in [0.1, 0.15) is 23.7 Å². The lowest BCUT2D eigenvalue weighted by molar-refractivity contribution is -0.383. The predicted molar refractivity (Wildman–Crippen MR) is 183 cm³/mol. The number of phenolic OH excluding ortho intramolecular Hbond substituents is 1. The number of nitro benzene ring substituents is 1. The van der Waals surface area contributed by atoms with Gasteiger partial charge in [-0.2, -0.15) is 0 Å². The highest BCUT2D eigenvalue weighted by atomic mass is 16.6. The zero-order valence-electron chi connectivity index (χ0n) is 27.1. The van der Waals surface area contributed by atoms with Gasteiger partial charge >= 0.3 is 5.97 Å². The number of nitrogens with one attached hydrogen (secondary N) is 2. The molecule has 5 rings (SSSR count). The molecule has 1 aliphatic heterocycles. The van der Waals surface area contributed by atoms with Crippen LogP contribution in [0.5, 0.6) is 11.5 Å². The number of unbranched alkanes of at least 4 members (excludes halogenated alkanes) is 3. The van der Waals surface area contributed by atoms with Crippen LogP contribution in [0.3, 0.4) is 0 Å². The molecule has 0 aromatic heterocycles. The highest BCUT2D eigenvalue weighted by molar-refractivity contribution is 6.14. The molecule has 0 fully saturated rings. The van der Waals surface area contributed by atoms with Crippen LogP contribution in [0.2, 0.25) is 0 Å². The van der Waals surface area contributed by atoms with E-state index >= 15 is 0 Å². The Morgan fingerprint density at radius 2 is 1.81 bits per heavy atom. The topological polar surface area (TPSA) is 140 Å². The second-order valence-electron chi connectivity index (χ2n) is 12.0. The van der Waals surface area contributed by atoms with Gasteiger partial charge < -0.3 is 25.2 Å². The SMILES string of the molecule is COc1c(C)c2c(c(O)c1C/C=C(\C)CCC(=O)NCCCCCCNc1c3ccccc3cc3cccc([N+](=O)[O-])c13)C(=O)OC2. The molecule has 1 aliphatic rings. The summed E-state index contributed by atoms with van der Waals surface area (Å²) in [4.78, 5) is 36.1. The first-order chi connectivity index (χ1) is 22.7. The van der Waals surface area contributed by atoms with Crippen molar-refractivity contribution in [1.29, 1.82) is 0 Å². The number of carbonyl (C=O) groups is 2. The first-order valence-corrected chi connectivity index (χ1v) is 16.0. The Morgan fingerprint density at radius 1 is 1.06 bits per heavy atom. The maximum Gasteiger partial charge on any atom is 0.342 e. The molecule has 1 amide bonds. The number of phenols is 1. The number of benzene rings is 4. The summed E-state index contributed by atoms with van der Waals surface area (Å²) in [5, 5.41) is 32.5. The first kappa shape index (κ1) is 33.2. The quantitative estimate of drug-likeness (QED) is 0.0301. The van der Waals surface area contributed by atoms with Crippen LogP contribution in [0.25, 0.3) is 21.5 Å². The minimum Gasteiger partial charge on any atom is -0.507 e. The van der Waals surface area contributed by atoms with E-state index in [1.165, 1.54) is 7.11 Å². The number of nitrogens with zero attached hydrogens (tertiary/aromatic N) is 1. The van der Waals surface area contributed by atoms with Gasteiger partial charge in [0.25, 0.3) is 5.69 Å². The molecule has 4 aromatic rings. The summed E-state index contributed by atoms with van der Waals surface area (Å²) in [5.41, 5.74) is 4.08. The Morgan fingerprint density at radius 3 is 2.57 bits per heavy atom. The molecule has 47 heavy (non-hydrogen) atoms. The lowest BCUT2D eigenvalue weighted by Crippen LogP contribution is -2.24. The zero-order chi connectivity index (χ0) is 33.5. The minimum atomic E-state index is -0.526. The highest BCUT2D eigenvalue weighted by Crippen LogP contribution is 2.42. The van der Waals surface area contributed by atoms with Crippen LogP contribution in [-0.2, 0) is 22.6 Å². The molecule has 0 unspecified atom stereocenters. The number of esters is 1. The zero-order valence-corrected chi connectivity index (χ0v) is 27.1. The number of ether oxygens (including phenoxy) is 2. The third kappa shape index (κ3) is 7.32. The average Bonchev–Trinajstić information content (AvgIpc) is 3.46.